The summed E-state index contributed by atoms with van der Waals surface area (Å²) in [4.78, 5) is 12.5. The van der Waals surface area contributed by atoms with Gasteiger partial charge in [-0.25, -0.2) is 4.79 Å². The van der Waals surface area contributed by atoms with Gasteiger partial charge in [-0.05, 0) is 49.9 Å². The summed E-state index contributed by atoms with van der Waals surface area (Å²) in [5.74, 6) is -0.0432. The molecular formula is C23H38O3. The van der Waals surface area contributed by atoms with E-state index in [0.29, 0.717) is 5.56 Å². The Kier molecular flexibility index (Phi) is 11.8. The number of esters is 1. The highest BCUT2D eigenvalue weighted by Gasteiger charge is 2.16. The van der Waals surface area contributed by atoms with Crippen molar-refractivity contribution in [3.8, 4) is 5.75 Å². The molecule has 0 spiro atoms. The minimum atomic E-state index is -0.261. The van der Waals surface area contributed by atoms with Crippen LogP contribution in [0, 0.1) is 0 Å². The van der Waals surface area contributed by atoms with E-state index in [2.05, 4.69) is 13.8 Å². The second-order valence-electron chi connectivity index (χ2n) is 7.42. The maximum atomic E-state index is 12.5. The fraction of sp³-hybridized carbons (Fsp3) is 0.696. The third kappa shape index (κ3) is 9.26. The molecule has 3 nitrogen and oxygen atoms in total. The monoisotopic (exact) mass is 362 g/mol. The van der Waals surface area contributed by atoms with Crippen LogP contribution in [0.4, 0.5) is 0 Å². The lowest BCUT2D eigenvalue weighted by Crippen LogP contribution is -2.16. The first-order chi connectivity index (χ1) is 12.6. The molecule has 0 saturated heterocycles. The van der Waals surface area contributed by atoms with Crippen LogP contribution in [0.5, 0.6) is 5.75 Å². The Bertz CT molecular complexity index is 510. The number of aromatic hydroxyl groups is 1. The SMILES string of the molecule is CCCCCCCCCCc1cc(O)ccc1C(=O)OC(C)CCCC. The molecule has 1 rings (SSSR count). The summed E-state index contributed by atoms with van der Waals surface area (Å²) in [6, 6.07) is 4.99. The van der Waals surface area contributed by atoms with E-state index >= 15 is 0 Å². The number of carbonyl (C=O) groups excluding carboxylic acids is 1. The Morgan fingerprint density at radius 2 is 1.58 bits per heavy atom. The van der Waals surface area contributed by atoms with Crippen LogP contribution in [0.1, 0.15) is 107 Å². The molecular weight excluding hydrogens is 324 g/mol. The quantitative estimate of drug-likeness (QED) is 0.292. The molecule has 3 heteroatoms. The van der Waals surface area contributed by atoms with Gasteiger partial charge in [0.05, 0.1) is 11.7 Å². The lowest BCUT2D eigenvalue weighted by atomic mass is 9.99. The number of phenols is 1. The van der Waals surface area contributed by atoms with Gasteiger partial charge in [0, 0.05) is 0 Å². The third-order valence-electron chi connectivity index (χ3n) is 4.88. The van der Waals surface area contributed by atoms with Crippen LogP contribution in [-0.2, 0) is 11.2 Å². The number of carbonyl (C=O) groups is 1. The number of rotatable bonds is 14. The summed E-state index contributed by atoms with van der Waals surface area (Å²) >= 11 is 0. The van der Waals surface area contributed by atoms with E-state index in [1.807, 2.05) is 6.92 Å². The van der Waals surface area contributed by atoms with Crippen LogP contribution >= 0.6 is 0 Å². The summed E-state index contributed by atoms with van der Waals surface area (Å²) in [6.45, 7) is 6.32. The number of hydrogen-bond donors (Lipinski definition) is 1. The van der Waals surface area contributed by atoms with E-state index in [-0.39, 0.29) is 17.8 Å². The molecule has 1 aromatic rings. The predicted molar refractivity (Wildman–Crippen MR) is 109 cm³/mol. The fourth-order valence-corrected chi connectivity index (χ4v) is 3.23. The van der Waals surface area contributed by atoms with Gasteiger partial charge < -0.3 is 9.84 Å². The number of hydrogen-bond acceptors (Lipinski definition) is 3. The highest BCUT2D eigenvalue weighted by molar-refractivity contribution is 5.91. The summed E-state index contributed by atoms with van der Waals surface area (Å²) < 4.78 is 5.58. The molecule has 1 aromatic carbocycles. The molecule has 1 N–H and O–H groups in total. The Morgan fingerprint density at radius 3 is 2.23 bits per heavy atom. The molecule has 0 aliphatic rings. The number of aryl methyl sites for hydroxylation is 1. The number of phenolic OH excluding ortho intramolecular Hbond substituents is 1. The van der Waals surface area contributed by atoms with E-state index in [1.165, 1.54) is 44.9 Å². The highest BCUT2D eigenvalue weighted by Crippen LogP contribution is 2.21. The number of unbranched alkanes of at least 4 members (excludes halogenated alkanes) is 8. The Balaban J connectivity index is 2.46. The molecule has 0 aromatic heterocycles. The molecule has 1 unspecified atom stereocenters. The maximum Gasteiger partial charge on any atom is 0.338 e. The first-order valence-corrected chi connectivity index (χ1v) is 10.6. The zero-order valence-corrected chi connectivity index (χ0v) is 17.1. The summed E-state index contributed by atoms with van der Waals surface area (Å²) in [7, 11) is 0. The topological polar surface area (TPSA) is 46.5 Å². The largest absolute Gasteiger partial charge is 0.508 e. The molecule has 1 atom stereocenters. The van der Waals surface area contributed by atoms with Crippen LogP contribution in [0.15, 0.2) is 18.2 Å². The summed E-state index contributed by atoms with van der Waals surface area (Å²) in [5.41, 5.74) is 1.51. The van der Waals surface area contributed by atoms with E-state index in [9.17, 15) is 9.90 Å². The maximum absolute atomic E-state index is 12.5. The van der Waals surface area contributed by atoms with Crippen LogP contribution in [-0.4, -0.2) is 17.2 Å². The third-order valence-corrected chi connectivity index (χ3v) is 4.88. The summed E-state index contributed by atoms with van der Waals surface area (Å²) in [6.07, 6.45) is 13.9. The van der Waals surface area contributed by atoms with Gasteiger partial charge in [0.25, 0.3) is 0 Å². The van der Waals surface area contributed by atoms with Crippen molar-refractivity contribution < 1.29 is 14.6 Å². The van der Waals surface area contributed by atoms with Crippen molar-refractivity contribution in [1.29, 1.82) is 0 Å². The average Bonchev–Trinajstić information content (AvgIpc) is 2.62. The molecule has 0 saturated carbocycles. The Hall–Kier alpha value is -1.51. The first kappa shape index (κ1) is 22.5. The Morgan fingerprint density at radius 1 is 0.962 bits per heavy atom. The van der Waals surface area contributed by atoms with Crippen molar-refractivity contribution >= 4 is 5.97 Å². The van der Waals surface area contributed by atoms with Crippen molar-refractivity contribution in [3.63, 3.8) is 0 Å². The van der Waals surface area contributed by atoms with Crippen molar-refractivity contribution in [1.82, 2.24) is 0 Å². The molecule has 0 bridgehead atoms. The summed E-state index contributed by atoms with van der Waals surface area (Å²) in [5, 5.41) is 9.79. The zero-order chi connectivity index (χ0) is 19.2. The fourth-order valence-electron chi connectivity index (χ4n) is 3.23. The van der Waals surface area contributed by atoms with Gasteiger partial charge in [-0.2, -0.15) is 0 Å². The predicted octanol–water partition coefficient (Wildman–Crippen LogP) is 6.81. The normalized spacial score (nSPS) is 12.1. The van der Waals surface area contributed by atoms with Crippen molar-refractivity contribution in [2.75, 3.05) is 0 Å². The van der Waals surface area contributed by atoms with Crippen molar-refractivity contribution in [2.24, 2.45) is 0 Å². The molecule has 26 heavy (non-hydrogen) atoms. The van der Waals surface area contributed by atoms with E-state index in [4.69, 9.17) is 4.74 Å². The molecule has 0 radical (unpaired) electrons. The second-order valence-corrected chi connectivity index (χ2v) is 7.42. The molecule has 0 aliphatic heterocycles. The second kappa shape index (κ2) is 13.7. The van der Waals surface area contributed by atoms with E-state index in [1.54, 1.807) is 18.2 Å². The van der Waals surface area contributed by atoms with Gasteiger partial charge in [-0.3, -0.25) is 0 Å². The lowest BCUT2D eigenvalue weighted by Gasteiger charge is -2.15. The lowest BCUT2D eigenvalue weighted by molar-refractivity contribution is 0.0319. The molecule has 0 amide bonds. The minimum absolute atomic E-state index is 0.0628. The highest BCUT2D eigenvalue weighted by atomic mass is 16.5. The zero-order valence-electron chi connectivity index (χ0n) is 17.1. The molecule has 0 fully saturated rings. The number of ether oxygens (including phenoxy) is 1. The van der Waals surface area contributed by atoms with Gasteiger partial charge in [0.1, 0.15) is 5.75 Å². The molecule has 0 heterocycles. The molecule has 0 aliphatic carbocycles. The van der Waals surface area contributed by atoms with Gasteiger partial charge in [-0.15, -0.1) is 0 Å². The smallest absolute Gasteiger partial charge is 0.338 e. The van der Waals surface area contributed by atoms with Gasteiger partial charge in [0.15, 0.2) is 0 Å². The van der Waals surface area contributed by atoms with Crippen LogP contribution in [0.3, 0.4) is 0 Å². The van der Waals surface area contributed by atoms with Crippen LogP contribution < -0.4 is 0 Å². The van der Waals surface area contributed by atoms with Crippen LogP contribution in [0.2, 0.25) is 0 Å². The standard InChI is InChI=1S/C23H38O3/c1-4-6-8-9-10-11-12-13-15-20-18-21(24)16-17-22(20)23(25)26-19(3)14-7-5-2/h16-19,24H,4-15H2,1-3H3. The Labute approximate surface area is 160 Å². The van der Waals surface area contributed by atoms with Crippen molar-refractivity contribution in [2.45, 2.75) is 104 Å². The van der Waals surface area contributed by atoms with Crippen LogP contribution in [0.25, 0.3) is 0 Å². The van der Waals surface area contributed by atoms with E-state index in [0.717, 1.165) is 37.7 Å². The minimum Gasteiger partial charge on any atom is -0.508 e. The first-order valence-electron chi connectivity index (χ1n) is 10.6. The average molecular weight is 363 g/mol. The van der Waals surface area contributed by atoms with Gasteiger partial charge in [-0.1, -0.05) is 71.6 Å². The van der Waals surface area contributed by atoms with Gasteiger partial charge >= 0.3 is 5.97 Å². The molecule has 148 valence electrons. The number of benzene rings is 1. The van der Waals surface area contributed by atoms with E-state index < -0.39 is 0 Å². The van der Waals surface area contributed by atoms with Crippen molar-refractivity contribution in [3.05, 3.63) is 29.3 Å². The van der Waals surface area contributed by atoms with Gasteiger partial charge in [0.2, 0.25) is 0 Å².